The van der Waals surface area contributed by atoms with Gasteiger partial charge in [0.15, 0.2) is 5.96 Å². The first-order valence-electron chi connectivity index (χ1n) is 34.7. The molecule has 2 fully saturated rings. The molecule has 0 bridgehead atoms. The van der Waals surface area contributed by atoms with Crippen molar-refractivity contribution in [1.82, 2.24) is 72.9 Å². The number of rotatable bonds is 40. The van der Waals surface area contributed by atoms with E-state index >= 15 is 0 Å². The maximum absolute atomic E-state index is 14.5. The molecule has 3 aromatic carbocycles. The highest BCUT2D eigenvalue weighted by atomic mass is 32.1. The van der Waals surface area contributed by atoms with Gasteiger partial charge in [-0.15, -0.1) is 0 Å². The number of nitrogens with zero attached hydrogens (tertiary/aromatic N) is 4. The minimum Gasteiger partial charge on any atom is -0.508 e. The van der Waals surface area contributed by atoms with E-state index in [1.807, 2.05) is 0 Å². The number of carboxylic acids is 1. The average Bonchev–Trinajstić information content (AvgIpc) is 1.33. The van der Waals surface area contributed by atoms with Gasteiger partial charge in [-0.2, -0.15) is 25.3 Å². The van der Waals surface area contributed by atoms with Gasteiger partial charge in [-0.1, -0.05) is 86.6 Å². The third-order valence-corrected chi connectivity index (χ3v) is 18.1. The van der Waals surface area contributed by atoms with Crippen molar-refractivity contribution in [1.29, 1.82) is 0 Å². The van der Waals surface area contributed by atoms with Crippen molar-refractivity contribution in [3.63, 3.8) is 0 Å². The lowest BCUT2D eigenvalue weighted by molar-refractivity contribution is -0.144. The minimum absolute atomic E-state index is 0.00818. The fraction of sp³-hybridized carbons (Fsp3) is 0.500. The SMILES string of the molecule is CC(C)C[C@H](NC(=O)CN1CC[C@@H](NC(=O)[C@H](Cc2ccccc2)NC(=O)[C@H](Cc2cnc[nH]2)NC(=O)CNC(=O)[C@@H](NC(=O)[C@@H](NC(=O)[C@H](Cc2ccccc2)NC(=O)[C@@H](N)CCCN=C(N)N)C(C)(C)S)[C@@H](C)O)C1=O)C(=O)N[C@@H](Cc1ccc(O)cc1)C(=O)N1CCC[C@H]1C(=O)N[C@@H](CS)C(=O)O. The largest absolute Gasteiger partial charge is 0.508 e. The zero-order valence-electron chi connectivity index (χ0n) is 59.6. The van der Waals surface area contributed by atoms with E-state index in [0.717, 1.165) is 0 Å². The van der Waals surface area contributed by atoms with Gasteiger partial charge in [-0.3, -0.25) is 62.5 Å². The van der Waals surface area contributed by atoms with Crippen molar-refractivity contribution in [2.75, 3.05) is 38.5 Å². The number of imidazole rings is 1. The van der Waals surface area contributed by atoms with Crippen LogP contribution in [0.15, 0.2) is 102 Å². The number of aromatic amines is 1. The summed E-state index contributed by atoms with van der Waals surface area (Å²) in [4.78, 5) is 194. The fourth-order valence-corrected chi connectivity index (χ4v) is 12.3. The Morgan fingerprint density at radius 2 is 1.24 bits per heavy atom. The number of aliphatic hydroxyl groups excluding tert-OH is 1. The summed E-state index contributed by atoms with van der Waals surface area (Å²) in [5.41, 5.74) is 19.1. The molecule has 34 nitrogen and oxygen atoms in total. The number of nitrogens with two attached hydrogens (primary N) is 3. The van der Waals surface area contributed by atoms with Crippen molar-refractivity contribution in [2.45, 2.75) is 176 Å². The number of carbonyl (C=O) groups is 13. The van der Waals surface area contributed by atoms with E-state index in [9.17, 15) is 77.6 Å². The first kappa shape index (κ1) is 84.6. The standard InChI is InChI=1S/C70H98N18O16S2/c1-38(2)28-47(59(94)83-51(31-42-20-22-44(90)23-21-42)67(102)88-26-13-19-53(88)63(98)84-52(36-105)68(103)104)79-55(92)35-87-27-24-46(66(87)101)80-60(95)48(29-40-14-8-6-9-15-40)82-61(96)50(32-43-33-74-37-77-43)78-54(91)34-76-64(99)56(39(3)89)85-65(100)57(70(4,5)106)86-62(97)49(30-41-16-10-7-11-17-41)81-58(93)45(71)18-12-25-75-69(72)73/h6-11,14-17,20-23,33,37-39,45-53,56-57,89-90,105-106H,12-13,18-19,24-32,34-36,71H2,1-5H3,(H,74,77)(H,76,99)(H,78,91)(H,79,92)(H,80,95)(H,81,93)(H,82,96)(H,83,94)(H,84,98)(H,85,100)(H,86,97)(H,103,104)(H4,72,73,75)/t39-,45+,46-,47+,48+,49+,50+,51+,52+,53+,56+,57-/m1/s1. The van der Waals surface area contributed by atoms with Gasteiger partial charge in [0.05, 0.1) is 31.6 Å². The van der Waals surface area contributed by atoms with Gasteiger partial charge in [0, 0.05) is 67.7 Å². The number of aliphatic imine (C=N–C) groups is 1. The number of carboxylic acid groups (broad SMARTS) is 1. The third kappa shape index (κ3) is 26.7. The number of aromatic nitrogens is 2. The smallest absolute Gasteiger partial charge is 0.327 e. The van der Waals surface area contributed by atoms with Crippen LogP contribution in [0.5, 0.6) is 5.75 Å². The molecule has 106 heavy (non-hydrogen) atoms. The molecule has 36 heteroatoms. The molecule has 4 aromatic rings. The van der Waals surface area contributed by atoms with E-state index < -0.39 is 167 Å². The summed E-state index contributed by atoms with van der Waals surface area (Å²) < 4.78 is -1.36. The molecule has 1 aromatic heterocycles. The number of hydrogen-bond donors (Lipinski definition) is 19. The molecular formula is C70H98N18O16S2. The zero-order valence-corrected chi connectivity index (χ0v) is 61.4. The van der Waals surface area contributed by atoms with Crippen molar-refractivity contribution < 1.29 is 77.6 Å². The molecule has 0 aliphatic carbocycles. The average molecular weight is 1510 g/mol. The summed E-state index contributed by atoms with van der Waals surface area (Å²) in [5.74, 6) is -11.7. The molecule has 0 radical (unpaired) electrons. The van der Waals surface area contributed by atoms with E-state index in [2.05, 4.69) is 93.4 Å². The molecule has 0 unspecified atom stereocenters. The Labute approximate surface area is 624 Å². The second kappa shape index (κ2) is 40.8. The molecule has 2 saturated heterocycles. The summed E-state index contributed by atoms with van der Waals surface area (Å²) in [7, 11) is 0. The van der Waals surface area contributed by atoms with Gasteiger partial charge in [0.1, 0.15) is 66.2 Å². The van der Waals surface area contributed by atoms with Crippen LogP contribution in [0.4, 0.5) is 0 Å². The summed E-state index contributed by atoms with van der Waals surface area (Å²) in [5, 5.41) is 56.3. The van der Waals surface area contributed by atoms with Crippen LogP contribution in [0.2, 0.25) is 0 Å². The van der Waals surface area contributed by atoms with Crippen molar-refractivity contribution in [3.05, 3.63) is 120 Å². The number of amides is 12. The van der Waals surface area contributed by atoms with E-state index in [1.165, 1.54) is 55.2 Å². The fourth-order valence-electron chi connectivity index (χ4n) is 11.8. The van der Waals surface area contributed by atoms with Crippen LogP contribution in [-0.2, 0) is 88.0 Å². The Morgan fingerprint density at radius 1 is 0.670 bits per heavy atom. The van der Waals surface area contributed by atoms with Gasteiger partial charge in [-0.05, 0) is 94.0 Å². The predicted octanol–water partition coefficient (Wildman–Crippen LogP) is -3.38. The number of phenolic OH excluding ortho intramolecular Hbond substituents is 1. The Kier molecular flexibility index (Phi) is 32.6. The van der Waals surface area contributed by atoms with Crippen LogP contribution in [0.1, 0.15) is 95.5 Å². The van der Waals surface area contributed by atoms with E-state index in [4.69, 9.17) is 17.2 Å². The van der Waals surface area contributed by atoms with E-state index in [-0.39, 0.29) is 94.4 Å². The number of aromatic hydroxyl groups is 1. The number of H-pyrrole nitrogens is 1. The van der Waals surface area contributed by atoms with Crippen LogP contribution in [0.3, 0.4) is 0 Å². The molecule has 12 amide bonds. The lowest BCUT2D eigenvalue weighted by Gasteiger charge is -2.33. The number of aliphatic hydroxyl groups is 1. The van der Waals surface area contributed by atoms with E-state index in [0.29, 0.717) is 35.2 Å². The lowest BCUT2D eigenvalue weighted by atomic mass is 9.99. The van der Waals surface area contributed by atoms with Crippen LogP contribution >= 0.6 is 25.3 Å². The highest BCUT2D eigenvalue weighted by Gasteiger charge is 2.43. The van der Waals surface area contributed by atoms with Crippen LogP contribution in [0, 0.1) is 5.92 Å². The summed E-state index contributed by atoms with van der Waals surface area (Å²) in [6.07, 6.45) is 1.76. The molecule has 2 aliphatic rings. The monoisotopic (exact) mass is 1510 g/mol. The quantitative estimate of drug-likeness (QED) is 0.00894. The Bertz CT molecular complexity index is 3720. The Hall–Kier alpha value is -10.3. The maximum Gasteiger partial charge on any atom is 0.327 e. The molecule has 20 N–H and O–H groups in total. The number of aliphatic carboxylic acids is 1. The first-order chi connectivity index (χ1) is 50.2. The second-order valence-electron chi connectivity index (χ2n) is 27.1. The second-order valence-corrected chi connectivity index (χ2v) is 28.6. The van der Waals surface area contributed by atoms with Crippen LogP contribution in [-0.4, -0.2) is 234 Å². The normalized spacial score (nSPS) is 17.1. The molecule has 6 rings (SSSR count). The number of nitrogens with one attached hydrogen (secondary N) is 11. The number of likely N-dealkylation sites (tertiary alicyclic amines) is 2. The Morgan fingerprint density at radius 3 is 1.81 bits per heavy atom. The predicted molar refractivity (Wildman–Crippen MR) is 394 cm³/mol. The molecule has 12 atom stereocenters. The van der Waals surface area contributed by atoms with Crippen molar-refractivity contribution in [3.8, 4) is 5.75 Å². The van der Waals surface area contributed by atoms with Gasteiger partial charge in [0.25, 0.3) is 0 Å². The molecule has 0 spiro atoms. The molecular weight excluding hydrogens is 1410 g/mol. The Balaban J connectivity index is 1.10. The molecule has 2 aliphatic heterocycles. The highest BCUT2D eigenvalue weighted by molar-refractivity contribution is 7.81. The molecule has 0 saturated carbocycles. The van der Waals surface area contributed by atoms with Crippen molar-refractivity contribution in [2.24, 2.45) is 28.1 Å². The van der Waals surface area contributed by atoms with Gasteiger partial charge in [0.2, 0.25) is 70.9 Å². The topological polar surface area (TPSA) is 528 Å². The van der Waals surface area contributed by atoms with E-state index in [1.54, 1.807) is 86.6 Å². The number of carbonyl (C=O) groups excluding carboxylic acids is 12. The van der Waals surface area contributed by atoms with Crippen LogP contribution in [0.25, 0.3) is 0 Å². The summed E-state index contributed by atoms with van der Waals surface area (Å²) >= 11 is 8.60. The zero-order chi connectivity index (χ0) is 77.9. The van der Waals surface area contributed by atoms with Gasteiger partial charge in [-0.25, -0.2) is 9.78 Å². The number of guanidine groups is 1. The van der Waals surface area contributed by atoms with Gasteiger partial charge >= 0.3 is 5.97 Å². The highest BCUT2D eigenvalue weighted by Crippen LogP contribution is 2.23. The minimum atomic E-state index is -1.75. The van der Waals surface area contributed by atoms with Crippen molar-refractivity contribution >= 4 is 108 Å². The lowest BCUT2D eigenvalue weighted by Crippen LogP contribution is -2.63. The summed E-state index contributed by atoms with van der Waals surface area (Å²) in [6, 6.07) is 8.35. The third-order valence-electron chi connectivity index (χ3n) is 17.4. The number of thiol groups is 2. The van der Waals surface area contributed by atoms with Gasteiger partial charge < -0.3 is 100 Å². The first-order valence-corrected chi connectivity index (χ1v) is 35.8. The summed E-state index contributed by atoms with van der Waals surface area (Å²) in [6.45, 7) is 6.66. The molecule has 576 valence electrons. The maximum atomic E-state index is 14.5. The number of phenols is 1. The number of benzene rings is 3. The van der Waals surface area contributed by atoms with Crippen LogP contribution < -0.4 is 70.4 Å². The molecule has 3 heterocycles. The number of hydrogen-bond acceptors (Lipinski definition) is 20.